The number of ether oxygens (including phenoxy) is 1. The molecule has 2 aromatic carbocycles. The molecule has 0 fully saturated rings. The van der Waals surface area contributed by atoms with E-state index >= 15 is 0 Å². The molecule has 24 heavy (non-hydrogen) atoms. The molecule has 0 N–H and O–H groups in total. The summed E-state index contributed by atoms with van der Waals surface area (Å²) in [6.45, 7) is 0.172. The van der Waals surface area contributed by atoms with Crippen molar-refractivity contribution in [3.05, 3.63) is 59.9 Å². The van der Waals surface area contributed by atoms with Crippen LogP contribution in [0.5, 0.6) is 5.75 Å². The van der Waals surface area contributed by atoms with Gasteiger partial charge in [0.2, 0.25) is 0 Å². The Hall–Kier alpha value is -2.41. The monoisotopic (exact) mass is 351 g/mol. The Morgan fingerprint density at radius 2 is 1.67 bits per heavy atom. The maximum atomic E-state index is 12.9. The van der Waals surface area contributed by atoms with E-state index < -0.39 is 9.84 Å². The Morgan fingerprint density at radius 1 is 1.08 bits per heavy atom. The number of hydrogen-bond acceptors (Lipinski definition) is 4. The summed E-state index contributed by atoms with van der Waals surface area (Å²) in [5.74, 6) is -0.161. The van der Waals surface area contributed by atoms with Gasteiger partial charge in [-0.3, -0.25) is 4.79 Å². The number of benzene rings is 2. The number of amides is 1. The minimum atomic E-state index is -3.26. The lowest BCUT2D eigenvalue weighted by Crippen LogP contribution is -2.30. The van der Waals surface area contributed by atoms with Crippen molar-refractivity contribution in [2.24, 2.45) is 0 Å². The number of hydrogen-bond donors (Lipinski definition) is 0. The van der Waals surface area contributed by atoms with Crippen LogP contribution >= 0.6 is 0 Å². The van der Waals surface area contributed by atoms with Crippen LogP contribution < -0.4 is 4.74 Å². The Labute approximate surface area is 140 Å². The second-order valence-corrected chi connectivity index (χ2v) is 7.42. The van der Waals surface area contributed by atoms with Crippen molar-refractivity contribution in [3.8, 4) is 5.75 Å². The van der Waals surface area contributed by atoms with E-state index in [1.165, 1.54) is 41.3 Å². The van der Waals surface area contributed by atoms with Crippen molar-refractivity contribution in [2.45, 2.75) is 11.4 Å². The molecule has 0 aliphatic rings. The number of carbonyl (C=O) groups is 1. The van der Waals surface area contributed by atoms with Crippen LogP contribution in [0, 0.1) is 5.82 Å². The van der Waals surface area contributed by atoms with Gasteiger partial charge >= 0.3 is 0 Å². The van der Waals surface area contributed by atoms with Gasteiger partial charge in [0.05, 0.1) is 4.90 Å². The normalized spacial score (nSPS) is 11.1. The van der Waals surface area contributed by atoms with E-state index in [1.807, 2.05) is 0 Å². The lowest BCUT2D eigenvalue weighted by molar-refractivity contribution is -0.132. The summed E-state index contributed by atoms with van der Waals surface area (Å²) in [6, 6.07) is 11.8. The molecule has 0 aromatic heterocycles. The van der Waals surface area contributed by atoms with Crippen molar-refractivity contribution < 1.29 is 22.3 Å². The summed E-state index contributed by atoms with van der Waals surface area (Å²) in [6.07, 6.45) is 1.12. The summed E-state index contributed by atoms with van der Waals surface area (Å²) in [7, 11) is -1.63. The average molecular weight is 351 g/mol. The van der Waals surface area contributed by atoms with Gasteiger partial charge in [-0.2, -0.15) is 0 Å². The first-order valence-electron chi connectivity index (χ1n) is 7.17. The Kier molecular flexibility index (Phi) is 5.56. The second kappa shape index (κ2) is 7.44. The lowest BCUT2D eigenvalue weighted by Gasteiger charge is -2.17. The topological polar surface area (TPSA) is 63.7 Å². The standard InChI is InChI=1S/C17H18FNO4S/c1-19(11-13-3-5-14(18)6-4-13)17(20)12-23-15-7-9-16(10-8-15)24(2,21)22/h3-10H,11-12H2,1-2H3. The molecule has 0 spiro atoms. The summed E-state index contributed by atoms with van der Waals surface area (Å²) in [5.41, 5.74) is 0.810. The van der Waals surface area contributed by atoms with E-state index in [0.717, 1.165) is 11.8 Å². The Morgan fingerprint density at radius 3 is 2.21 bits per heavy atom. The molecule has 0 bridgehead atoms. The molecule has 7 heteroatoms. The number of carbonyl (C=O) groups excluding carboxylic acids is 1. The molecule has 128 valence electrons. The number of nitrogens with zero attached hydrogens (tertiary/aromatic N) is 1. The smallest absolute Gasteiger partial charge is 0.260 e. The van der Waals surface area contributed by atoms with E-state index in [4.69, 9.17) is 4.74 Å². The van der Waals surface area contributed by atoms with E-state index in [9.17, 15) is 17.6 Å². The van der Waals surface area contributed by atoms with Crippen molar-refractivity contribution in [1.82, 2.24) is 4.90 Å². The van der Waals surface area contributed by atoms with Crippen molar-refractivity contribution in [3.63, 3.8) is 0 Å². The van der Waals surface area contributed by atoms with Gasteiger partial charge in [0.1, 0.15) is 11.6 Å². The molecule has 0 aliphatic heterocycles. The molecule has 0 unspecified atom stereocenters. The predicted molar refractivity (Wildman–Crippen MR) is 87.9 cm³/mol. The van der Waals surface area contributed by atoms with Gasteiger partial charge in [0.25, 0.3) is 5.91 Å². The molecular weight excluding hydrogens is 333 g/mol. The highest BCUT2D eigenvalue weighted by Gasteiger charge is 2.11. The molecule has 5 nitrogen and oxygen atoms in total. The van der Waals surface area contributed by atoms with Crippen molar-refractivity contribution >= 4 is 15.7 Å². The van der Waals surface area contributed by atoms with Crippen LogP contribution in [0.4, 0.5) is 4.39 Å². The largest absolute Gasteiger partial charge is 0.484 e. The summed E-state index contributed by atoms with van der Waals surface area (Å²) in [5, 5.41) is 0. The average Bonchev–Trinajstić information content (AvgIpc) is 2.54. The summed E-state index contributed by atoms with van der Waals surface area (Å²) >= 11 is 0. The second-order valence-electron chi connectivity index (χ2n) is 5.41. The maximum absolute atomic E-state index is 12.9. The number of likely N-dealkylation sites (N-methyl/N-ethyl adjacent to an activating group) is 1. The Balaban J connectivity index is 1.89. The molecular formula is C17H18FNO4S. The highest BCUT2D eigenvalue weighted by atomic mass is 32.2. The van der Waals surface area contributed by atoms with Gasteiger partial charge in [-0.1, -0.05) is 12.1 Å². The van der Waals surface area contributed by atoms with E-state index in [1.54, 1.807) is 19.2 Å². The molecule has 2 rings (SSSR count). The minimum absolute atomic E-state index is 0.171. The molecule has 0 saturated heterocycles. The van der Waals surface area contributed by atoms with Gasteiger partial charge in [-0.15, -0.1) is 0 Å². The third-order valence-corrected chi connectivity index (χ3v) is 4.50. The summed E-state index contributed by atoms with van der Waals surface area (Å²) < 4.78 is 41.0. The molecule has 0 heterocycles. The first-order valence-corrected chi connectivity index (χ1v) is 9.06. The predicted octanol–water partition coefficient (Wildman–Crippen LogP) is 2.27. The van der Waals surface area contributed by atoms with Crippen LogP contribution in [0.3, 0.4) is 0 Å². The molecule has 2 aromatic rings. The molecule has 0 radical (unpaired) electrons. The highest BCUT2D eigenvalue weighted by molar-refractivity contribution is 7.90. The van der Waals surface area contributed by atoms with Crippen LogP contribution in [0.25, 0.3) is 0 Å². The molecule has 0 atom stereocenters. The SMILES string of the molecule is CN(Cc1ccc(F)cc1)C(=O)COc1ccc(S(C)(=O)=O)cc1. The van der Waals surface area contributed by atoms with Crippen LogP contribution in [0.15, 0.2) is 53.4 Å². The minimum Gasteiger partial charge on any atom is -0.484 e. The number of halogens is 1. The number of rotatable bonds is 6. The van der Waals surface area contributed by atoms with Gasteiger partial charge in [-0.05, 0) is 42.0 Å². The van der Waals surface area contributed by atoms with E-state index in [2.05, 4.69) is 0 Å². The van der Waals surface area contributed by atoms with E-state index in [-0.39, 0.29) is 23.2 Å². The molecule has 1 amide bonds. The van der Waals surface area contributed by atoms with Crippen molar-refractivity contribution in [1.29, 1.82) is 0 Å². The van der Waals surface area contributed by atoms with Gasteiger partial charge in [-0.25, -0.2) is 12.8 Å². The number of sulfone groups is 1. The first-order chi connectivity index (χ1) is 11.3. The van der Waals surface area contributed by atoms with Crippen LogP contribution in [0.2, 0.25) is 0 Å². The fraction of sp³-hybridized carbons (Fsp3) is 0.235. The zero-order valence-electron chi connectivity index (χ0n) is 13.4. The van der Waals surface area contributed by atoms with Crippen LogP contribution in [-0.2, 0) is 21.2 Å². The lowest BCUT2D eigenvalue weighted by atomic mass is 10.2. The molecule has 0 saturated carbocycles. The highest BCUT2D eigenvalue weighted by Crippen LogP contribution is 2.16. The quantitative estimate of drug-likeness (QED) is 0.801. The third kappa shape index (κ3) is 5.06. The fourth-order valence-electron chi connectivity index (χ4n) is 1.99. The first kappa shape index (κ1) is 17.9. The van der Waals surface area contributed by atoms with E-state index in [0.29, 0.717) is 12.3 Å². The van der Waals surface area contributed by atoms with Gasteiger partial charge < -0.3 is 9.64 Å². The van der Waals surface area contributed by atoms with Gasteiger partial charge in [0, 0.05) is 19.8 Å². The maximum Gasteiger partial charge on any atom is 0.260 e. The van der Waals surface area contributed by atoms with Crippen LogP contribution in [-0.4, -0.2) is 39.1 Å². The third-order valence-electron chi connectivity index (χ3n) is 3.37. The fourth-order valence-corrected chi connectivity index (χ4v) is 2.62. The van der Waals surface area contributed by atoms with Crippen molar-refractivity contribution in [2.75, 3.05) is 19.9 Å². The summed E-state index contributed by atoms with van der Waals surface area (Å²) in [4.78, 5) is 13.7. The molecule has 0 aliphatic carbocycles. The zero-order valence-corrected chi connectivity index (χ0v) is 14.2. The Bertz CT molecular complexity index is 801. The van der Waals surface area contributed by atoms with Gasteiger partial charge in [0.15, 0.2) is 16.4 Å². The zero-order chi connectivity index (χ0) is 17.7. The van der Waals surface area contributed by atoms with Crippen LogP contribution in [0.1, 0.15) is 5.56 Å².